The van der Waals surface area contributed by atoms with Crippen LogP contribution in [-0.4, -0.2) is 96.4 Å². The predicted molar refractivity (Wildman–Crippen MR) is 182 cm³/mol. The Kier molecular flexibility index (Phi) is 11.8. The van der Waals surface area contributed by atoms with E-state index in [1.54, 1.807) is 0 Å². The number of nitrogens with zero attached hydrogens (tertiary/aromatic N) is 1. The van der Waals surface area contributed by atoms with Crippen LogP contribution in [0.15, 0.2) is 0 Å². The van der Waals surface area contributed by atoms with Crippen molar-refractivity contribution >= 4 is 62.6 Å². The number of fused-ring (bicyclic) bond motifs is 1. The van der Waals surface area contributed by atoms with E-state index >= 15 is 0 Å². The fraction of sp³-hybridized carbons (Fsp3) is 0.848. The Hall–Kier alpha value is -1.39. The van der Waals surface area contributed by atoms with Crippen LogP contribution in [0.1, 0.15) is 105 Å². The van der Waals surface area contributed by atoms with E-state index < -0.39 is 103 Å². The van der Waals surface area contributed by atoms with Gasteiger partial charge in [0.15, 0.2) is 0 Å². The first-order valence-electron chi connectivity index (χ1n) is 17.7. The average molecular weight is 860 g/mol. The van der Waals surface area contributed by atoms with Crippen molar-refractivity contribution in [2.45, 2.75) is 146 Å². The molecule has 6 atom stereocenters. The van der Waals surface area contributed by atoms with Crippen LogP contribution in [0.3, 0.4) is 0 Å². The van der Waals surface area contributed by atoms with E-state index in [9.17, 15) is 32.4 Å². The molecule has 0 aromatic carbocycles. The van der Waals surface area contributed by atoms with Gasteiger partial charge in [-0.25, -0.2) is 0 Å². The number of carbonyl (C=O) groups excluding carboxylic acids is 5. The molecule has 5 amide bonds. The SMILES string of the molecule is CCCC[C@H](NC(=O)[C@@H]1C2C(CN1C(=O)[C@@H](NC(=O)NC1(C3CCCS3(=O)=O)CCCCC1)C(C)(C)C)[I-]C2(Cl)Cl)C(=O)C(=O)NC1CC1. The van der Waals surface area contributed by atoms with Gasteiger partial charge in [0.25, 0.3) is 0 Å². The van der Waals surface area contributed by atoms with Crippen molar-refractivity contribution in [1.29, 1.82) is 0 Å². The van der Waals surface area contributed by atoms with Crippen LogP contribution >= 0.6 is 23.2 Å². The maximum atomic E-state index is 14.5. The molecule has 2 saturated carbocycles. The number of halogens is 3. The van der Waals surface area contributed by atoms with E-state index in [1.165, 1.54) is 4.90 Å². The summed E-state index contributed by atoms with van der Waals surface area (Å²) in [5, 5.41) is 10.8. The molecule has 0 spiro atoms. The predicted octanol–water partition coefficient (Wildman–Crippen LogP) is -0.0673. The number of nitrogens with one attached hydrogen (secondary N) is 4. The van der Waals surface area contributed by atoms with Crippen LogP contribution < -0.4 is 42.5 Å². The maximum absolute atomic E-state index is 14.5. The van der Waals surface area contributed by atoms with E-state index in [1.807, 2.05) is 27.7 Å². The topological polar surface area (TPSA) is 171 Å². The summed E-state index contributed by atoms with van der Waals surface area (Å²) in [6.45, 7) is 7.61. The normalized spacial score (nSPS) is 29.6. The number of carbonyl (C=O) groups is 5. The zero-order valence-electron chi connectivity index (χ0n) is 28.8. The van der Waals surface area contributed by atoms with Crippen molar-refractivity contribution in [3.05, 3.63) is 0 Å². The van der Waals surface area contributed by atoms with Crippen molar-refractivity contribution in [3.8, 4) is 0 Å². The zero-order valence-corrected chi connectivity index (χ0v) is 33.3. The first-order valence-corrected chi connectivity index (χ1v) is 22.5. The second-order valence-electron chi connectivity index (χ2n) is 15.6. The summed E-state index contributed by atoms with van der Waals surface area (Å²) in [6, 6.07) is -3.90. The van der Waals surface area contributed by atoms with Crippen LogP contribution in [0.4, 0.5) is 4.79 Å². The number of sulfone groups is 1. The van der Waals surface area contributed by atoms with Crippen molar-refractivity contribution < 1.29 is 53.6 Å². The Morgan fingerprint density at radius 2 is 1.65 bits per heavy atom. The van der Waals surface area contributed by atoms with Gasteiger partial charge in [0.1, 0.15) is 0 Å². The molecule has 12 nitrogen and oxygen atoms in total. The molecule has 16 heteroatoms. The van der Waals surface area contributed by atoms with Crippen LogP contribution in [0.2, 0.25) is 0 Å². The molecule has 49 heavy (non-hydrogen) atoms. The number of amides is 5. The molecule has 3 heterocycles. The number of urea groups is 1. The monoisotopic (exact) mass is 858 g/mol. The van der Waals surface area contributed by atoms with E-state index in [0.29, 0.717) is 32.1 Å². The number of unbranched alkanes of at least 4 members (excludes halogenated alkanes) is 1. The number of likely N-dealkylation sites (tertiary alicyclic amines) is 1. The number of alkyl halides is 4. The summed E-state index contributed by atoms with van der Waals surface area (Å²) >= 11 is 12.6. The summed E-state index contributed by atoms with van der Waals surface area (Å²) in [5.41, 5.74) is -1.71. The van der Waals surface area contributed by atoms with Gasteiger partial charge in [0.05, 0.1) is 0 Å². The number of hydrogen-bond donors (Lipinski definition) is 4. The third kappa shape index (κ3) is 8.48. The second kappa shape index (κ2) is 14.9. The van der Waals surface area contributed by atoms with E-state index in [0.717, 1.165) is 38.5 Å². The number of ketones is 1. The molecule has 5 fully saturated rings. The van der Waals surface area contributed by atoms with Crippen molar-refractivity contribution in [2.75, 3.05) is 12.3 Å². The summed E-state index contributed by atoms with van der Waals surface area (Å²) in [5.74, 6) is -3.01. The molecule has 2 aliphatic carbocycles. The molecule has 3 aliphatic heterocycles. The molecule has 5 aliphatic rings. The van der Waals surface area contributed by atoms with Gasteiger partial charge in [0.2, 0.25) is 0 Å². The Balaban J connectivity index is 1.37. The van der Waals surface area contributed by atoms with Gasteiger partial charge in [-0.15, -0.1) is 0 Å². The number of Topliss-reactive ketones (excluding diaryl/α,β-unsaturated/α-hetero) is 1. The summed E-state index contributed by atoms with van der Waals surface area (Å²) < 4.78 is 24.9. The molecule has 3 unspecified atom stereocenters. The Morgan fingerprint density at radius 1 is 0.980 bits per heavy atom. The molecule has 4 N–H and O–H groups in total. The molecular formula is C33H51Cl2IN5O7S-. The van der Waals surface area contributed by atoms with E-state index in [4.69, 9.17) is 23.2 Å². The molecular weight excluding hydrogens is 808 g/mol. The number of rotatable bonds is 12. The molecule has 278 valence electrons. The van der Waals surface area contributed by atoms with Gasteiger partial charge in [-0.05, 0) is 0 Å². The molecule has 0 aromatic rings. The minimum absolute atomic E-state index is 0.0238. The van der Waals surface area contributed by atoms with Gasteiger partial charge in [-0.2, -0.15) is 0 Å². The van der Waals surface area contributed by atoms with E-state index in [2.05, 4.69) is 21.3 Å². The Morgan fingerprint density at radius 3 is 2.20 bits per heavy atom. The molecule has 3 saturated heterocycles. The standard InChI is InChI=1S/C33H51Cl2IN5O7S/c1-5-6-11-21(25(42)28(44)37-19-13-14-19)38-27(43)24-23-20(36-33(23,34)35)18-41(24)29(45)26(31(2,3)4)39-30(46)40-32(15-8-7-9-16-32)22-12-10-17-49(22,47)48/h19-24,26H,5-18H2,1-4H3,(H,37,44)(H,38,43)(H2,39,40,46)/q-1/t20?,21-,22?,23?,24-,26+/m0/s1. The van der Waals surface area contributed by atoms with Crippen molar-refractivity contribution in [1.82, 2.24) is 26.2 Å². The summed E-state index contributed by atoms with van der Waals surface area (Å²) in [4.78, 5) is 69.8. The van der Waals surface area contributed by atoms with Crippen LogP contribution in [0.5, 0.6) is 0 Å². The van der Waals surface area contributed by atoms with Gasteiger partial charge >= 0.3 is 312 Å². The van der Waals surface area contributed by atoms with Crippen molar-refractivity contribution in [3.63, 3.8) is 0 Å². The fourth-order valence-corrected chi connectivity index (χ4v) is 16.3. The van der Waals surface area contributed by atoms with Crippen LogP contribution in [0, 0.1) is 11.3 Å². The molecule has 0 aromatic heterocycles. The molecule has 0 radical (unpaired) electrons. The average Bonchev–Trinajstić information content (AvgIpc) is 3.66. The third-order valence-electron chi connectivity index (χ3n) is 10.7. The van der Waals surface area contributed by atoms with Gasteiger partial charge in [-0.3, -0.25) is 0 Å². The van der Waals surface area contributed by atoms with Crippen LogP contribution in [0.25, 0.3) is 0 Å². The van der Waals surface area contributed by atoms with Gasteiger partial charge < -0.3 is 0 Å². The van der Waals surface area contributed by atoms with Gasteiger partial charge in [-0.1, -0.05) is 0 Å². The fourth-order valence-electron chi connectivity index (χ4n) is 7.93. The third-order valence-corrected chi connectivity index (χ3v) is 18.2. The Bertz CT molecular complexity index is 1430. The first-order chi connectivity index (χ1) is 22.9. The minimum atomic E-state index is -3.37. The Labute approximate surface area is 310 Å². The quantitative estimate of drug-likeness (QED) is 0.121. The first kappa shape index (κ1) is 38.8. The van der Waals surface area contributed by atoms with Gasteiger partial charge in [0, 0.05) is 0 Å². The summed E-state index contributed by atoms with van der Waals surface area (Å²) in [6.07, 6.45) is 7.93. The second-order valence-corrected chi connectivity index (χ2v) is 24.4. The molecule has 0 bridgehead atoms. The van der Waals surface area contributed by atoms with E-state index in [-0.39, 0.29) is 28.7 Å². The van der Waals surface area contributed by atoms with Crippen molar-refractivity contribution in [2.24, 2.45) is 11.3 Å². The number of hydrogen-bond acceptors (Lipinski definition) is 7. The van der Waals surface area contributed by atoms with Crippen LogP contribution in [-0.2, 0) is 29.0 Å². The summed E-state index contributed by atoms with van der Waals surface area (Å²) in [7, 11) is -3.37. The molecule has 5 rings (SSSR count). The zero-order chi connectivity index (χ0) is 35.9.